The summed E-state index contributed by atoms with van der Waals surface area (Å²) in [6.45, 7) is 4.53. The number of esters is 1. The Morgan fingerprint density at radius 2 is 1.77 bits per heavy atom. The molecule has 9 nitrogen and oxygen atoms in total. The van der Waals surface area contributed by atoms with Crippen molar-refractivity contribution in [2.24, 2.45) is 11.7 Å². The number of carbonyl (C=O) groups excluding carboxylic acids is 4. The Kier molecular flexibility index (Phi) is 6.84. The highest BCUT2D eigenvalue weighted by molar-refractivity contribution is 6.43. The minimum absolute atomic E-state index is 0.00700. The van der Waals surface area contributed by atoms with Gasteiger partial charge in [0.15, 0.2) is 0 Å². The Bertz CT molecular complexity index is 1210. The average Bonchev–Trinajstić information content (AvgIpc) is 3.62. The Morgan fingerprint density at radius 3 is 2.34 bits per heavy atom. The van der Waals surface area contributed by atoms with Gasteiger partial charge in [-0.3, -0.25) is 14.2 Å². The predicted molar refractivity (Wildman–Crippen MR) is 126 cm³/mol. The molecule has 186 valence electrons. The third-order valence-electron chi connectivity index (χ3n) is 6.47. The highest BCUT2D eigenvalue weighted by Gasteiger charge is 2.35. The normalized spacial score (nSPS) is 15.8. The van der Waals surface area contributed by atoms with Crippen molar-refractivity contribution in [3.05, 3.63) is 51.6 Å². The van der Waals surface area contributed by atoms with Gasteiger partial charge in [0.25, 0.3) is 11.7 Å². The van der Waals surface area contributed by atoms with E-state index < -0.39 is 29.5 Å². The number of benzene rings is 1. The fourth-order valence-corrected chi connectivity index (χ4v) is 4.51. The zero-order valence-electron chi connectivity index (χ0n) is 19.5. The van der Waals surface area contributed by atoms with Gasteiger partial charge in [-0.2, -0.15) is 0 Å². The molecule has 0 bridgehead atoms. The molecule has 2 heterocycles. The van der Waals surface area contributed by atoms with Crippen LogP contribution < -0.4 is 10.6 Å². The van der Waals surface area contributed by atoms with E-state index in [2.05, 4.69) is 0 Å². The molecular formula is C24H26ClFN4O5. The van der Waals surface area contributed by atoms with Crippen LogP contribution in [0.25, 0.3) is 0 Å². The molecule has 1 aliphatic carbocycles. The fraction of sp³-hybridized carbons (Fsp3) is 0.417. The number of ketones is 1. The van der Waals surface area contributed by atoms with E-state index in [0.717, 1.165) is 23.1 Å². The first kappa shape index (κ1) is 24.7. The van der Waals surface area contributed by atoms with Crippen LogP contribution in [0, 0.1) is 25.6 Å². The quantitative estimate of drug-likeness (QED) is 0.367. The molecule has 1 aliphatic heterocycles. The van der Waals surface area contributed by atoms with E-state index in [1.807, 2.05) is 4.90 Å². The first-order chi connectivity index (χ1) is 16.6. The van der Waals surface area contributed by atoms with Crippen LogP contribution in [0.5, 0.6) is 0 Å². The van der Waals surface area contributed by atoms with Crippen LogP contribution in [0.2, 0.25) is 5.02 Å². The predicted octanol–water partition coefficient (Wildman–Crippen LogP) is 2.92. The van der Waals surface area contributed by atoms with Crippen molar-refractivity contribution in [3.8, 4) is 0 Å². The first-order valence-corrected chi connectivity index (χ1v) is 11.7. The summed E-state index contributed by atoms with van der Waals surface area (Å²) in [6, 6.07) is 3.46. The number of rotatable bonds is 6. The average molecular weight is 505 g/mol. The lowest BCUT2D eigenvalue weighted by Gasteiger charge is -2.35. The summed E-state index contributed by atoms with van der Waals surface area (Å²) in [7, 11) is 0. The first-order valence-electron chi connectivity index (χ1n) is 11.3. The topological polar surface area (TPSA) is 115 Å². The van der Waals surface area contributed by atoms with Crippen molar-refractivity contribution in [1.82, 2.24) is 9.47 Å². The third kappa shape index (κ3) is 4.88. The van der Waals surface area contributed by atoms with Crippen molar-refractivity contribution in [3.63, 3.8) is 0 Å². The highest BCUT2D eigenvalue weighted by Crippen LogP contribution is 2.30. The molecule has 4 rings (SSSR count). The van der Waals surface area contributed by atoms with Gasteiger partial charge in [-0.05, 0) is 56.4 Å². The smallest absolute Gasteiger partial charge is 0.355 e. The second-order valence-corrected chi connectivity index (χ2v) is 9.26. The minimum Gasteiger partial charge on any atom is -0.461 e. The number of carbonyl (C=O) groups is 4. The number of hydrogen-bond donors (Lipinski definition) is 1. The lowest BCUT2D eigenvalue weighted by Crippen LogP contribution is -2.50. The van der Waals surface area contributed by atoms with Crippen LogP contribution in [-0.2, 0) is 9.53 Å². The molecule has 2 aliphatic rings. The summed E-state index contributed by atoms with van der Waals surface area (Å²) < 4.78 is 19.7. The SMILES string of the molecule is Cc1c(C(=O)C(=O)N2CCN(c3ccc(F)c(Cl)c3)CC2)c(C)n(C(N)=O)c1C(=O)OCC1CC1. The number of hydrogen-bond acceptors (Lipinski definition) is 6. The summed E-state index contributed by atoms with van der Waals surface area (Å²) >= 11 is 5.87. The van der Waals surface area contributed by atoms with Gasteiger partial charge in [0, 0.05) is 37.6 Å². The summed E-state index contributed by atoms with van der Waals surface area (Å²) in [5.74, 6) is -2.53. The van der Waals surface area contributed by atoms with E-state index in [9.17, 15) is 23.6 Å². The van der Waals surface area contributed by atoms with Crippen LogP contribution in [0.3, 0.4) is 0 Å². The lowest BCUT2D eigenvalue weighted by molar-refractivity contribution is -0.126. The molecule has 0 spiro atoms. The summed E-state index contributed by atoms with van der Waals surface area (Å²) in [4.78, 5) is 54.5. The Hall–Kier alpha value is -3.40. The van der Waals surface area contributed by atoms with Crippen LogP contribution in [0.1, 0.15) is 44.9 Å². The van der Waals surface area contributed by atoms with E-state index in [4.69, 9.17) is 22.1 Å². The van der Waals surface area contributed by atoms with Crippen LogP contribution in [0.15, 0.2) is 18.2 Å². The van der Waals surface area contributed by atoms with E-state index >= 15 is 0 Å². The van der Waals surface area contributed by atoms with Crippen molar-refractivity contribution < 1.29 is 28.3 Å². The number of aromatic nitrogens is 1. The van der Waals surface area contributed by atoms with E-state index in [-0.39, 0.29) is 47.2 Å². The van der Waals surface area contributed by atoms with E-state index in [1.54, 1.807) is 6.07 Å². The molecule has 1 aromatic carbocycles. The zero-order valence-corrected chi connectivity index (χ0v) is 20.2. The van der Waals surface area contributed by atoms with Gasteiger partial charge in [-0.15, -0.1) is 0 Å². The summed E-state index contributed by atoms with van der Waals surface area (Å²) in [6.07, 6.45) is 1.95. The molecule has 0 unspecified atom stereocenters. The number of ether oxygens (including phenoxy) is 1. The molecule has 2 amide bonds. The second-order valence-electron chi connectivity index (χ2n) is 8.86. The molecule has 1 saturated carbocycles. The van der Waals surface area contributed by atoms with Gasteiger partial charge in [0.1, 0.15) is 11.5 Å². The molecule has 1 saturated heterocycles. The van der Waals surface area contributed by atoms with Crippen molar-refractivity contribution >= 4 is 41.0 Å². The molecule has 11 heteroatoms. The van der Waals surface area contributed by atoms with Crippen LogP contribution >= 0.6 is 11.6 Å². The van der Waals surface area contributed by atoms with Gasteiger partial charge in [0.05, 0.1) is 17.2 Å². The van der Waals surface area contributed by atoms with Gasteiger partial charge >= 0.3 is 12.0 Å². The maximum Gasteiger partial charge on any atom is 0.355 e. The van der Waals surface area contributed by atoms with Crippen LogP contribution in [0.4, 0.5) is 14.9 Å². The Morgan fingerprint density at radius 1 is 1.11 bits per heavy atom. The van der Waals surface area contributed by atoms with Crippen molar-refractivity contribution in [2.75, 3.05) is 37.7 Å². The molecule has 0 atom stereocenters. The van der Waals surface area contributed by atoms with Crippen molar-refractivity contribution in [2.45, 2.75) is 26.7 Å². The molecule has 1 aromatic heterocycles. The van der Waals surface area contributed by atoms with Gasteiger partial charge in [-0.1, -0.05) is 11.6 Å². The molecule has 2 aromatic rings. The molecule has 2 fully saturated rings. The van der Waals surface area contributed by atoms with E-state index in [1.165, 1.54) is 30.9 Å². The fourth-order valence-electron chi connectivity index (χ4n) is 4.34. The molecular weight excluding hydrogens is 479 g/mol. The number of primary amides is 1. The summed E-state index contributed by atoms with van der Waals surface area (Å²) in [5.41, 5.74) is 6.34. The zero-order chi connectivity index (χ0) is 25.4. The second kappa shape index (κ2) is 9.69. The maximum atomic E-state index is 13.5. The number of piperazine rings is 1. The van der Waals surface area contributed by atoms with Crippen LogP contribution in [-0.4, -0.2) is 65.9 Å². The summed E-state index contributed by atoms with van der Waals surface area (Å²) in [5, 5.41) is 0.00700. The maximum absolute atomic E-state index is 13.5. The van der Waals surface area contributed by atoms with Gasteiger partial charge in [-0.25, -0.2) is 14.0 Å². The molecule has 0 radical (unpaired) electrons. The highest BCUT2D eigenvalue weighted by atomic mass is 35.5. The minimum atomic E-state index is -0.943. The molecule has 2 N–H and O–H groups in total. The number of amides is 2. The van der Waals surface area contributed by atoms with Gasteiger partial charge in [0.2, 0.25) is 0 Å². The number of nitrogens with two attached hydrogens (primary N) is 1. The number of anilines is 1. The number of nitrogens with zero attached hydrogens (tertiary/aromatic N) is 3. The lowest BCUT2D eigenvalue weighted by atomic mass is 10.0. The van der Waals surface area contributed by atoms with E-state index in [0.29, 0.717) is 19.0 Å². The Labute approximate surface area is 206 Å². The third-order valence-corrected chi connectivity index (χ3v) is 6.76. The standard InChI is InChI=1S/C24H26ClFN4O5/c1-13-19(14(2)30(24(27)34)20(13)23(33)35-12-15-3-4-15)21(31)22(32)29-9-7-28(8-10-29)16-5-6-18(26)17(25)11-16/h5-6,11,15H,3-4,7-10,12H2,1-2H3,(H2,27,34). The van der Waals surface area contributed by atoms with Gasteiger partial charge < -0.3 is 20.3 Å². The molecule has 35 heavy (non-hydrogen) atoms. The number of halogens is 2. The Balaban J connectivity index is 1.51. The largest absolute Gasteiger partial charge is 0.461 e. The monoisotopic (exact) mass is 504 g/mol. The number of Topliss-reactive ketones (excluding diaryl/α,β-unsaturated/α-hetero) is 1. The van der Waals surface area contributed by atoms with Crippen molar-refractivity contribution in [1.29, 1.82) is 0 Å².